The summed E-state index contributed by atoms with van der Waals surface area (Å²) in [7, 11) is 2.05. The molecular formula is C11H20N2O3. The summed E-state index contributed by atoms with van der Waals surface area (Å²) in [5, 5.41) is 8.76. The van der Waals surface area contributed by atoms with E-state index in [0.717, 1.165) is 19.7 Å². The number of carboxylic acid groups (broad SMARTS) is 1. The highest BCUT2D eigenvalue weighted by Gasteiger charge is 2.21. The van der Waals surface area contributed by atoms with Gasteiger partial charge in [0.25, 0.3) is 0 Å². The average Bonchev–Trinajstić information content (AvgIpc) is 2.16. The molecule has 5 heteroatoms. The Balaban J connectivity index is 2.40. The molecule has 1 unspecified atom stereocenters. The third-order valence-electron chi connectivity index (χ3n) is 2.55. The van der Waals surface area contributed by atoms with Crippen LogP contribution in [0.1, 0.15) is 0 Å². The second-order valence-electron chi connectivity index (χ2n) is 4.13. The molecule has 0 amide bonds. The molecule has 1 fully saturated rings. The van der Waals surface area contributed by atoms with E-state index in [4.69, 9.17) is 9.84 Å². The first-order chi connectivity index (χ1) is 7.61. The number of carbonyl (C=O) groups is 1. The maximum atomic E-state index is 10.7. The predicted octanol–water partition coefficient (Wildman–Crippen LogP) is -0.110. The zero-order valence-electron chi connectivity index (χ0n) is 9.76. The van der Waals surface area contributed by atoms with Crippen LogP contribution < -0.4 is 0 Å². The molecule has 0 aliphatic carbocycles. The van der Waals surface area contributed by atoms with Gasteiger partial charge in [0.15, 0.2) is 0 Å². The minimum absolute atomic E-state index is 0.0373. The van der Waals surface area contributed by atoms with Gasteiger partial charge in [0.1, 0.15) is 0 Å². The molecule has 0 aromatic rings. The van der Waals surface area contributed by atoms with Gasteiger partial charge in [-0.2, -0.15) is 0 Å². The van der Waals surface area contributed by atoms with Crippen molar-refractivity contribution in [1.29, 1.82) is 0 Å². The van der Waals surface area contributed by atoms with Crippen molar-refractivity contribution in [3.8, 4) is 0 Å². The summed E-state index contributed by atoms with van der Waals surface area (Å²) in [6.07, 6.45) is 1.81. The molecule has 1 aliphatic rings. The van der Waals surface area contributed by atoms with Crippen LogP contribution in [0.2, 0.25) is 0 Å². The zero-order valence-corrected chi connectivity index (χ0v) is 9.76. The van der Waals surface area contributed by atoms with Crippen LogP contribution >= 0.6 is 0 Å². The van der Waals surface area contributed by atoms with Gasteiger partial charge >= 0.3 is 5.97 Å². The summed E-state index contributed by atoms with van der Waals surface area (Å²) in [5.41, 5.74) is 0. The smallest absolute Gasteiger partial charge is 0.317 e. The van der Waals surface area contributed by atoms with Crippen molar-refractivity contribution in [2.45, 2.75) is 6.10 Å². The van der Waals surface area contributed by atoms with Gasteiger partial charge in [-0.25, -0.2) is 0 Å². The Morgan fingerprint density at radius 3 is 3.06 bits per heavy atom. The number of aliphatic carboxylic acids is 1. The second kappa shape index (κ2) is 6.62. The third-order valence-corrected chi connectivity index (χ3v) is 2.55. The minimum Gasteiger partial charge on any atom is -0.480 e. The number of hydrogen-bond donors (Lipinski definition) is 1. The van der Waals surface area contributed by atoms with Crippen LogP contribution in [0.25, 0.3) is 0 Å². The largest absolute Gasteiger partial charge is 0.480 e. The van der Waals surface area contributed by atoms with Crippen LogP contribution in [0, 0.1) is 0 Å². The number of likely N-dealkylation sites (N-methyl/N-ethyl adjacent to an activating group) is 1. The van der Waals surface area contributed by atoms with E-state index in [-0.39, 0.29) is 12.6 Å². The molecule has 0 spiro atoms. The third kappa shape index (κ3) is 4.74. The maximum Gasteiger partial charge on any atom is 0.317 e. The maximum absolute atomic E-state index is 10.7. The predicted molar refractivity (Wildman–Crippen MR) is 61.5 cm³/mol. The lowest BCUT2D eigenvalue weighted by atomic mass is 10.2. The fraction of sp³-hybridized carbons (Fsp3) is 0.727. The van der Waals surface area contributed by atoms with Crippen molar-refractivity contribution in [2.75, 3.05) is 46.4 Å². The van der Waals surface area contributed by atoms with Gasteiger partial charge in [0, 0.05) is 26.2 Å². The number of carboxylic acids is 1. The molecule has 1 N–H and O–H groups in total. The standard InChI is InChI=1S/C11H20N2O3/c1-3-4-13(9-11(14)15)8-10-7-12(2)5-6-16-10/h3,10H,1,4-9H2,2H3,(H,14,15). The van der Waals surface area contributed by atoms with Gasteiger partial charge in [-0.3, -0.25) is 9.69 Å². The fourth-order valence-electron chi connectivity index (χ4n) is 1.84. The monoisotopic (exact) mass is 228 g/mol. The number of morpholine rings is 1. The highest BCUT2D eigenvalue weighted by Crippen LogP contribution is 2.05. The molecule has 1 atom stereocenters. The summed E-state index contributed by atoms with van der Waals surface area (Å²) in [6.45, 7) is 7.40. The molecule has 1 saturated heterocycles. The molecular weight excluding hydrogens is 208 g/mol. The summed E-state index contributed by atoms with van der Waals surface area (Å²) in [5.74, 6) is -0.814. The van der Waals surface area contributed by atoms with Crippen LogP contribution in [0.15, 0.2) is 12.7 Å². The summed E-state index contributed by atoms with van der Waals surface area (Å²) < 4.78 is 5.60. The first-order valence-electron chi connectivity index (χ1n) is 5.47. The van der Waals surface area contributed by atoms with Gasteiger partial charge in [-0.05, 0) is 7.05 Å². The van der Waals surface area contributed by atoms with E-state index in [1.807, 2.05) is 11.9 Å². The molecule has 92 valence electrons. The fourth-order valence-corrected chi connectivity index (χ4v) is 1.84. The Morgan fingerprint density at radius 2 is 2.50 bits per heavy atom. The lowest BCUT2D eigenvalue weighted by molar-refractivity contribution is -0.138. The van der Waals surface area contributed by atoms with E-state index in [1.54, 1.807) is 6.08 Å². The highest BCUT2D eigenvalue weighted by molar-refractivity contribution is 5.69. The molecule has 16 heavy (non-hydrogen) atoms. The summed E-state index contributed by atoms with van der Waals surface area (Å²) >= 11 is 0. The summed E-state index contributed by atoms with van der Waals surface area (Å²) in [6, 6.07) is 0. The molecule has 0 aromatic heterocycles. The van der Waals surface area contributed by atoms with Gasteiger partial charge in [-0.15, -0.1) is 6.58 Å². The normalized spacial score (nSPS) is 22.2. The van der Waals surface area contributed by atoms with E-state index in [9.17, 15) is 4.79 Å². The number of rotatable bonds is 6. The molecule has 0 saturated carbocycles. The Hall–Kier alpha value is -0.910. The van der Waals surface area contributed by atoms with E-state index >= 15 is 0 Å². The summed E-state index contributed by atoms with van der Waals surface area (Å²) in [4.78, 5) is 14.7. The molecule has 0 bridgehead atoms. The van der Waals surface area contributed by atoms with E-state index in [2.05, 4.69) is 11.5 Å². The van der Waals surface area contributed by atoms with Crippen molar-refractivity contribution in [3.05, 3.63) is 12.7 Å². The molecule has 1 rings (SSSR count). The zero-order chi connectivity index (χ0) is 12.0. The van der Waals surface area contributed by atoms with Gasteiger partial charge in [0.2, 0.25) is 0 Å². The van der Waals surface area contributed by atoms with Crippen LogP contribution in [-0.4, -0.2) is 73.4 Å². The van der Waals surface area contributed by atoms with Crippen LogP contribution in [0.5, 0.6) is 0 Å². The first-order valence-corrected chi connectivity index (χ1v) is 5.47. The quantitative estimate of drug-likeness (QED) is 0.643. The Kier molecular flexibility index (Phi) is 5.45. The van der Waals surface area contributed by atoms with Crippen molar-refractivity contribution in [1.82, 2.24) is 9.80 Å². The van der Waals surface area contributed by atoms with Gasteiger partial charge in [-0.1, -0.05) is 6.08 Å². The Bertz CT molecular complexity index is 245. The Labute approximate surface area is 96.3 Å². The van der Waals surface area contributed by atoms with Crippen LogP contribution in [0.4, 0.5) is 0 Å². The number of hydrogen-bond acceptors (Lipinski definition) is 4. The molecule has 0 radical (unpaired) electrons. The van der Waals surface area contributed by atoms with Crippen LogP contribution in [-0.2, 0) is 9.53 Å². The molecule has 1 aliphatic heterocycles. The minimum atomic E-state index is -0.814. The van der Waals surface area contributed by atoms with E-state index in [0.29, 0.717) is 13.1 Å². The number of ether oxygens (including phenoxy) is 1. The SMILES string of the molecule is C=CCN(CC(=O)O)CC1CN(C)CCO1. The highest BCUT2D eigenvalue weighted by atomic mass is 16.5. The topological polar surface area (TPSA) is 53.0 Å². The second-order valence-corrected chi connectivity index (χ2v) is 4.13. The first kappa shape index (κ1) is 13.2. The van der Waals surface area contributed by atoms with Crippen molar-refractivity contribution in [2.24, 2.45) is 0 Å². The van der Waals surface area contributed by atoms with Gasteiger partial charge < -0.3 is 14.7 Å². The molecule has 0 aromatic carbocycles. The average molecular weight is 228 g/mol. The van der Waals surface area contributed by atoms with Crippen molar-refractivity contribution < 1.29 is 14.6 Å². The van der Waals surface area contributed by atoms with Crippen LogP contribution in [0.3, 0.4) is 0 Å². The molecule has 1 heterocycles. The lowest BCUT2D eigenvalue weighted by Crippen LogP contribution is -2.47. The van der Waals surface area contributed by atoms with E-state index in [1.165, 1.54) is 0 Å². The van der Waals surface area contributed by atoms with Crippen molar-refractivity contribution >= 4 is 5.97 Å². The van der Waals surface area contributed by atoms with Gasteiger partial charge in [0.05, 0.1) is 19.3 Å². The van der Waals surface area contributed by atoms with E-state index < -0.39 is 5.97 Å². The number of nitrogens with zero attached hydrogens (tertiary/aromatic N) is 2. The Morgan fingerprint density at radius 1 is 1.75 bits per heavy atom. The molecule has 5 nitrogen and oxygen atoms in total. The lowest BCUT2D eigenvalue weighted by Gasteiger charge is -2.33. The van der Waals surface area contributed by atoms with Crippen molar-refractivity contribution in [3.63, 3.8) is 0 Å².